The highest BCUT2D eigenvalue weighted by molar-refractivity contribution is 5.91. The second-order valence-electron chi connectivity index (χ2n) is 6.34. The van der Waals surface area contributed by atoms with Gasteiger partial charge in [-0.3, -0.25) is 4.79 Å². The van der Waals surface area contributed by atoms with Crippen molar-refractivity contribution in [3.63, 3.8) is 0 Å². The van der Waals surface area contributed by atoms with E-state index in [9.17, 15) is 9.59 Å². The minimum atomic E-state index is -0.376. The Morgan fingerprint density at radius 1 is 1.00 bits per heavy atom. The Morgan fingerprint density at radius 2 is 1.75 bits per heavy atom. The van der Waals surface area contributed by atoms with Crippen molar-refractivity contribution in [3.8, 4) is 0 Å². The van der Waals surface area contributed by atoms with Crippen LogP contribution in [0.5, 0.6) is 0 Å². The van der Waals surface area contributed by atoms with E-state index >= 15 is 0 Å². The minimum absolute atomic E-state index is 0.114. The van der Waals surface area contributed by atoms with E-state index in [1.165, 1.54) is 7.11 Å². The van der Waals surface area contributed by atoms with Crippen LogP contribution in [0.2, 0.25) is 0 Å². The van der Waals surface area contributed by atoms with E-state index in [0.717, 1.165) is 22.5 Å². The Labute approximate surface area is 163 Å². The van der Waals surface area contributed by atoms with Gasteiger partial charge in [-0.25, -0.2) is 9.78 Å². The van der Waals surface area contributed by atoms with Crippen molar-refractivity contribution >= 4 is 29.1 Å². The van der Waals surface area contributed by atoms with Crippen molar-refractivity contribution in [2.45, 2.75) is 13.3 Å². The molecule has 142 valence electrons. The van der Waals surface area contributed by atoms with E-state index in [1.807, 2.05) is 37.3 Å². The summed E-state index contributed by atoms with van der Waals surface area (Å²) in [7, 11) is 1.35. The van der Waals surface area contributed by atoms with Crippen molar-refractivity contribution < 1.29 is 14.3 Å². The van der Waals surface area contributed by atoms with Crippen LogP contribution >= 0.6 is 0 Å². The van der Waals surface area contributed by atoms with Gasteiger partial charge < -0.3 is 15.4 Å². The average Bonchev–Trinajstić information content (AvgIpc) is 2.69. The van der Waals surface area contributed by atoms with Crippen LogP contribution in [0.15, 0.2) is 66.9 Å². The maximum absolute atomic E-state index is 12.2. The molecule has 1 amide bonds. The zero-order valence-corrected chi connectivity index (χ0v) is 15.7. The molecule has 3 aromatic rings. The number of rotatable bonds is 6. The Hall–Kier alpha value is -3.67. The molecule has 0 unspecified atom stereocenters. The lowest BCUT2D eigenvalue weighted by Crippen LogP contribution is -2.15. The first kappa shape index (κ1) is 19.1. The number of carbonyl (C=O) groups excluding carboxylic acids is 2. The van der Waals surface area contributed by atoms with Crippen LogP contribution in [0.4, 0.5) is 17.2 Å². The third-order valence-corrected chi connectivity index (χ3v) is 4.07. The molecule has 0 aliphatic rings. The number of anilines is 3. The van der Waals surface area contributed by atoms with Gasteiger partial charge in [0, 0.05) is 5.69 Å². The van der Waals surface area contributed by atoms with Crippen molar-refractivity contribution in [3.05, 3.63) is 83.6 Å². The van der Waals surface area contributed by atoms with Crippen LogP contribution in [0.3, 0.4) is 0 Å². The lowest BCUT2D eigenvalue weighted by Gasteiger charge is -2.09. The van der Waals surface area contributed by atoms with Gasteiger partial charge in [-0.15, -0.1) is 0 Å². The van der Waals surface area contributed by atoms with E-state index in [0.29, 0.717) is 17.8 Å². The molecular formula is C22H21N3O3. The molecule has 0 saturated heterocycles. The second-order valence-corrected chi connectivity index (χ2v) is 6.34. The number of ether oxygens (including phenoxy) is 1. The van der Waals surface area contributed by atoms with Crippen molar-refractivity contribution in [2.24, 2.45) is 0 Å². The monoisotopic (exact) mass is 375 g/mol. The standard InChI is InChI=1S/C22H21N3O3/c1-15-4-3-5-16(12-15)13-21(26)25-20-11-10-19(14-23-20)24-18-8-6-17(7-9-18)22(27)28-2/h3-12,14,24H,13H2,1-2H3,(H,23,25,26). The summed E-state index contributed by atoms with van der Waals surface area (Å²) in [4.78, 5) is 27.9. The Kier molecular flexibility index (Phi) is 6.01. The summed E-state index contributed by atoms with van der Waals surface area (Å²) in [5.41, 5.74) is 4.15. The molecule has 0 aliphatic carbocycles. The summed E-state index contributed by atoms with van der Waals surface area (Å²) >= 11 is 0. The zero-order valence-electron chi connectivity index (χ0n) is 15.7. The van der Waals surface area contributed by atoms with E-state index in [2.05, 4.69) is 20.4 Å². The average molecular weight is 375 g/mol. The third-order valence-electron chi connectivity index (χ3n) is 4.07. The van der Waals surface area contributed by atoms with Gasteiger partial charge in [0.25, 0.3) is 0 Å². The van der Waals surface area contributed by atoms with Crippen molar-refractivity contribution in [1.82, 2.24) is 4.98 Å². The summed E-state index contributed by atoms with van der Waals surface area (Å²) in [5.74, 6) is 0.000393. The fraction of sp³-hybridized carbons (Fsp3) is 0.136. The first-order valence-corrected chi connectivity index (χ1v) is 8.80. The van der Waals surface area contributed by atoms with Gasteiger partial charge in [0.15, 0.2) is 0 Å². The topological polar surface area (TPSA) is 80.3 Å². The molecule has 3 rings (SSSR count). The number of nitrogens with zero attached hydrogens (tertiary/aromatic N) is 1. The Morgan fingerprint density at radius 3 is 2.39 bits per heavy atom. The molecule has 0 bridgehead atoms. The number of nitrogens with one attached hydrogen (secondary N) is 2. The van der Waals surface area contributed by atoms with E-state index < -0.39 is 0 Å². The molecule has 0 aliphatic heterocycles. The van der Waals surface area contributed by atoms with Gasteiger partial charge in [0.1, 0.15) is 5.82 Å². The number of esters is 1. The van der Waals surface area contributed by atoms with Crippen molar-refractivity contribution in [2.75, 3.05) is 17.7 Å². The molecule has 6 heteroatoms. The number of hydrogen-bond acceptors (Lipinski definition) is 5. The van der Waals surface area contributed by atoms with Gasteiger partial charge >= 0.3 is 5.97 Å². The molecule has 28 heavy (non-hydrogen) atoms. The Balaban J connectivity index is 1.57. The third kappa shape index (κ3) is 5.17. The van der Waals surface area contributed by atoms with Gasteiger partial charge in [0.05, 0.1) is 31.0 Å². The van der Waals surface area contributed by atoms with Crippen LogP contribution < -0.4 is 10.6 Å². The molecule has 0 fully saturated rings. The maximum atomic E-state index is 12.2. The molecule has 6 nitrogen and oxygen atoms in total. The predicted octanol–water partition coefficient (Wildman–Crippen LogP) is 4.10. The first-order valence-electron chi connectivity index (χ1n) is 8.80. The number of aryl methyl sites for hydroxylation is 1. The number of pyridine rings is 1. The van der Waals surface area contributed by atoms with Crippen LogP contribution in [0.1, 0.15) is 21.5 Å². The van der Waals surface area contributed by atoms with Crippen LogP contribution in [-0.4, -0.2) is 24.0 Å². The number of aromatic nitrogens is 1. The van der Waals surface area contributed by atoms with E-state index in [1.54, 1.807) is 36.5 Å². The molecule has 0 spiro atoms. The fourth-order valence-corrected chi connectivity index (χ4v) is 2.71. The van der Waals surface area contributed by atoms with Gasteiger partial charge in [-0.2, -0.15) is 0 Å². The molecular weight excluding hydrogens is 354 g/mol. The number of methoxy groups -OCH3 is 1. The molecule has 0 atom stereocenters. The second kappa shape index (κ2) is 8.81. The largest absolute Gasteiger partial charge is 0.465 e. The predicted molar refractivity (Wildman–Crippen MR) is 109 cm³/mol. The zero-order chi connectivity index (χ0) is 19.9. The molecule has 0 radical (unpaired) electrons. The summed E-state index contributed by atoms with van der Waals surface area (Å²) in [6, 6.07) is 18.3. The maximum Gasteiger partial charge on any atom is 0.337 e. The minimum Gasteiger partial charge on any atom is -0.465 e. The highest BCUT2D eigenvalue weighted by Crippen LogP contribution is 2.18. The Bertz CT molecular complexity index is 967. The van der Waals surface area contributed by atoms with Gasteiger partial charge in [-0.1, -0.05) is 29.8 Å². The molecule has 2 N–H and O–H groups in total. The summed E-state index contributed by atoms with van der Waals surface area (Å²) in [6.07, 6.45) is 1.94. The molecule has 1 heterocycles. The number of amides is 1. The van der Waals surface area contributed by atoms with Crippen molar-refractivity contribution in [1.29, 1.82) is 0 Å². The summed E-state index contributed by atoms with van der Waals surface area (Å²) in [6.45, 7) is 2.00. The highest BCUT2D eigenvalue weighted by Gasteiger charge is 2.07. The molecule has 1 aromatic heterocycles. The summed E-state index contributed by atoms with van der Waals surface area (Å²) < 4.78 is 4.68. The van der Waals surface area contributed by atoms with Gasteiger partial charge in [0.2, 0.25) is 5.91 Å². The molecule has 0 saturated carbocycles. The smallest absolute Gasteiger partial charge is 0.337 e. The van der Waals surface area contributed by atoms with E-state index in [-0.39, 0.29) is 11.9 Å². The normalized spacial score (nSPS) is 10.2. The van der Waals surface area contributed by atoms with Crippen LogP contribution in [0.25, 0.3) is 0 Å². The fourth-order valence-electron chi connectivity index (χ4n) is 2.71. The lowest BCUT2D eigenvalue weighted by molar-refractivity contribution is -0.115. The number of hydrogen-bond donors (Lipinski definition) is 2. The number of carbonyl (C=O) groups is 2. The van der Waals surface area contributed by atoms with Gasteiger partial charge in [-0.05, 0) is 48.9 Å². The lowest BCUT2D eigenvalue weighted by atomic mass is 10.1. The summed E-state index contributed by atoms with van der Waals surface area (Å²) in [5, 5.41) is 5.99. The quantitative estimate of drug-likeness (QED) is 0.634. The number of benzene rings is 2. The first-order chi connectivity index (χ1) is 13.5. The van der Waals surface area contributed by atoms with E-state index in [4.69, 9.17) is 0 Å². The SMILES string of the molecule is COC(=O)c1ccc(Nc2ccc(NC(=O)Cc3cccc(C)c3)nc2)cc1. The van der Waals surface area contributed by atoms with Crippen LogP contribution in [0, 0.1) is 6.92 Å². The molecule has 2 aromatic carbocycles. The highest BCUT2D eigenvalue weighted by atomic mass is 16.5. The van der Waals surface area contributed by atoms with Crippen LogP contribution in [-0.2, 0) is 16.0 Å².